The molecular weight excluding hydrogens is 274 g/mol. The first-order chi connectivity index (χ1) is 9.78. The van der Waals surface area contributed by atoms with E-state index in [2.05, 4.69) is 15.5 Å². The largest absolute Gasteiger partial charge is 0.497 e. The first kappa shape index (κ1) is 13.2. The molecule has 1 aromatic heterocycles. The molecular formula is C14H17N3O2S. The van der Waals surface area contributed by atoms with Crippen molar-refractivity contribution in [3.8, 4) is 11.5 Å². The Labute approximate surface area is 121 Å². The van der Waals surface area contributed by atoms with E-state index in [1.54, 1.807) is 25.6 Å². The lowest BCUT2D eigenvalue weighted by atomic mass is 9.86. The lowest BCUT2D eigenvalue weighted by Crippen LogP contribution is -2.07. The highest BCUT2D eigenvalue weighted by Crippen LogP contribution is 2.39. The number of hydrogen-bond donors (Lipinski definition) is 1. The Morgan fingerprint density at radius 3 is 2.35 bits per heavy atom. The fraction of sp³-hybridized carbons (Fsp3) is 0.429. The fourth-order valence-electron chi connectivity index (χ4n) is 2.11. The van der Waals surface area contributed by atoms with Gasteiger partial charge >= 0.3 is 0 Å². The van der Waals surface area contributed by atoms with Crippen molar-refractivity contribution in [2.45, 2.75) is 25.2 Å². The van der Waals surface area contributed by atoms with E-state index in [0.29, 0.717) is 5.92 Å². The Bertz CT molecular complexity index is 574. The molecule has 0 spiro atoms. The summed E-state index contributed by atoms with van der Waals surface area (Å²) in [4.78, 5) is 0. The summed E-state index contributed by atoms with van der Waals surface area (Å²) in [6, 6.07) is 5.66. The van der Waals surface area contributed by atoms with E-state index in [1.807, 2.05) is 18.2 Å². The van der Waals surface area contributed by atoms with Crippen LogP contribution in [0.3, 0.4) is 0 Å². The summed E-state index contributed by atoms with van der Waals surface area (Å²) in [7, 11) is 3.27. The highest BCUT2D eigenvalue weighted by atomic mass is 32.1. The summed E-state index contributed by atoms with van der Waals surface area (Å²) in [6.07, 6.45) is 3.78. The monoisotopic (exact) mass is 291 g/mol. The van der Waals surface area contributed by atoms with Gasteiger partial charge in [0, 0.05) is 29.8 Å². The number of aromatic nitrogens is 2. The summed E-state index contributed by atoms with van der Waals surface area (Å²) in [5.41, 5.74) is 0.887. The maximum atomic E-state index is 5.25. The topological polar surface area (TPSA) is 56.3 Å². The van der Waals surface area contributed by atoms with Gasteiger partial charge in [-0.25, -0.2) is 0 Å². The first-order valence-corrected chi connectivity index (χ1v) is 7.43. The minimum absolute atomic E-state index is 0.614. The third-order valence-corrected chi connectivity index (χ3v) is 4.50. The van der Waals surface area contributed by atoms with Crippen LogP contribution in [0.5, 0.6) is 11.5 Å². The predicted molar refractivity (Wildman–Crippen MR) is 79.3 cm³/mol. The fourth-order valence-corrected chi connectivity index (χ4v) is 3.04. The molecule has 0 radical (unpaired) electrons. The molecule has 5 nitrogen and oxygen atoms in total. The van der Waals surface area contributed by atoms with Crippen molar-refractivity contribution in [1.29, 1.82) is 0 Å². The van der Waals surface area contributed by atoms with E-state index in [1.165, 1.54) is 19.3 Å². The van der Waals surface area contributed by atoms with E-state index >= 15 is 0 Å². The molecule has 1 saturated carbocycles. The average molecular weight is 291 g/mol. The molecule has 6 heteroatoms. The van der Waals surface area contributed by atoms with Gasteiger partial charge in [0.2, 0.25) is 5.13 Å². The summed E-state index contributed by atoms with van der Waals surface area (Å²) >= 11 is 1.62. The Morgan fingerprint density at radius 1 is 1.10 bits per heavy atom. The summed E-state index contributed by atoms with van der Waals surface area (Å²) in [5.74, 6) is 2.11. The lowest BCUT2D eigenvalue weighted by Gasteiger charge is -2.21. The summed E-state index contributed by atoms with van der Waals surface area (Å²) in [6.45, 7) is 0. The van der Waals surface area contributed by atoms with E-state index in [4.69, 9.17) is 9.47 Å². The van der Waals surface area contributed by atoms with Gasteiger partial charge in [0.25, 0.3) is 0 Å². The Morgan fingerprint density at radius 2 is 1.80 bits per heavy atom. The second kappa shape index (κ2) is 5.66. The molecule has 1 heterocycles. The first-order valence-electron chi connectivity index (χ1n) is 6.62. The van der Waals surface area contributed by atoms with Crippen molar-refractivity contribution in [1.82, 2.24) is 10.2 Å². The van der Waals surface area contributed by atoms with Crippen LogP contribution in [-0.2, 0) is 0 Å². The molecule has 2 aromatic rings. The smallest absolute Gasteiger partial charge is 0.210 e. The molecule has 0 bridgehead atoms. The van der Waals surface area contributed by atoms with Crippen LogP contribution in [0.25, 0.3) is 0 Å². The zero-order valence-electron chi connectivity index (χ0n) is 11.5. The van der Waals surface area contributed by atoms with Gasteiger partial charge in [-0.1, -0.05) is 17.8 Å². The second-order valence-corrected chi connectivity index (χ2v) is 5.81. The van der Waals surface area contributed by atoms with E-state index in [-0.39, 0.29) is 0 Å². The standard InChI is InChI=1S/C14H17N3O2S/c1-18-11-6-10(7-12(8-11)19-2)15-14-17-16-13(20-14)9-4-3-5-9/h6-9H,3-5H2,1-2H3,(H,15,17). The Hall–Kier alpha value is -1.82. The summed E-state index contributed by atoms with van der Waals surface area (Å²) < 4.78 is 10.5. The maximum absolute atomic E-state index is 5.25. The molecule has 0 saturated heterocycles. The van der Waals surface area contributed by atoms with Crippen molar-refractivity contribution in [2.75, 3.05) is 19.5 Å². The zero-order valence-corrected chi connectivity index (χ0v) is 12.4. The third-order valence-electron chi connectivity index (χ3n) is 3.50. The molecule has 1 aromatic carbocycles. The van der Waals surface area contributed by atoms with Crippen LogP contribution in [0, 0.1) is 0 Å². The van der Waals surface area contributed by atoms with Crippen LogP contribution in [-0.4, -0.2) is 24.4 Å². The molecule has 0 amide bonds. The van der Waals surface area contributed by atoms with Crippen LogP contribution >= 0.6 is 11.3 Å². The number of anilines is 2. The van der Waals surface area contributed by atoms with Crippen molar-refractivity contribution >= 4 is 22.2 Å². The van der Waals surface area contributed by atoms with Gasteiger partial charge in [-0.15, -0.1) is 10.2 Å². The zero-order chi connectivity index (χ0) is 13.9. The minimum Gasteiger partial charge on any atom is -0.497 e. The SMILES string of the molecule is COc1cc(Nc2nnc(C3CCC3)s2)cc(OC)c1. The van der Waals surface area contributed by atoms with Crippen molar-refractivity contribution in [2.24, 2.45) is 0 Å². The predicted octanol–water partition coefficient (Wildman–Crippen LogP) is 3.57. The van der Waals surface area contributed by atoms with Crippen molar-refractivity contribution < 1.29 is 9.47 Å². The average Bonchev–Trinajstić information content (AvgIpc) is 2.84. The van der Waals surface area contributed by atoms with Crippen molar-refractivity contribution in [3.05, 3.63) is 23.2 Å². The maximum Gasteiger partial charge on any atom is 0.210 e. The van der Waals surface area contributed by atoms with E-state index < -0.39 is 0 Å². The van der Waals surface area contributed by atoms with Crippen molar-refractivity contribution in [3.63, 3.8) is 0 Å². The van der Waals surface area contributed by atoms with Crippen LogP contribution < -0.4 is 14.8 Å². The molecule has 3 rings (SSSR count). The van der Waals surface area contributed by atoms with Gasteiger partial charge in [0.15, 0.2) is 0 Å². The van der Waals surface area contributed by atoms with Crippen LogP contribution in [0.2, 0.25) is 0 Å². The van der Waals surface area contributed by atoms with Gasteiger partial charge < -0.3 is 14.8 Å². The highest BCUT2D eigenvalue weighted by molar-refractivity contribution is 7.15. The van der Waals surface area contributed by atoms with Gasteiger partial charge in [-0.2, -0.15) is 0 Å². The molecule has 1 N–H and O–H groups in total. The Kier molecular flexibility index (Phi) is 3.73. The summed E-state index contributed by atoms with van der Waals surface area (Å²) in [5, 5.41) is 13.7. The Balaban J connectivity index is 1.77. The quantitative estimate of drug-likeness (QED) is 0.912. The molecule has 1 fully saturated rings. The number of nitrogens with zero attached hydrogens (tertiary/aromatic N) is 2. The number of hydrogen-bond acceptors (Lipinski definition) is 6. The molecule has 0 unspecified atom stereocenters. The van der Waals surface area contributed by atoms with Gasteiger partial charge in [-0.3, -0.25) is 0 Å². The highest BCUT2D eigenvalue weighted by Gasteiger charge is 2.23. The minimum atomic E-state index is 0.614. The number of rotatable bonds is 5. The normalized spacial score (nSPS) is 14.7. The number of ether oxygens (including phenoxy) is 2. The molecule has 1 aliphatic carbocycles. The van der Waals surface area contributed by atoms with Gasteiger partial charge in [0.05, 0.1) is 14.2 Å². The molecule has 1 aliphatic rings. The van der Waals surface area contributed by atoms with E-state index in [9.17, 15) is 0 Å². The molecule has 20 heavy (non-hydrogen) atoms. The van der Waals surface area contributed by atoms with Crippen LogP contribution in [0.1, 0.15) is 30.2 Å². The molecule has 0 atom stereocenters. The third kappa shape index (κ3) is 2.70. The van der Waals surface area contributed by atoms with Crippen LogP contribution in [0.15, 0.2) is 18.2 Å². The van der Waals surface area contributed by atoms with Gasteiger partial charge in [-0.05, 0) is 12.8 Å². The number of methoxy groups -OCH3 is 2. The van der Waals surface area contributed by atoms with E-state index in [0.717, 1.165) is 27.3 Å². The molecule has 106 valence electrons. The lowest BCUT2D eigenvalue weighted by molar-refractivity contribution is 0.395. The number of benzene rings is 1. The second-order valence-electron chi connectivity index (χ2n) is 4.80. The molecule has 0 aliphatic heterocycles. The van der Waals surface area contributed by atoms with Gasteiger partial charge in [0.1, 0.15) is 16.5 Å². The number of nitrogens with one attached hydrogen (secondary N) is 1. The van der Waals surface area contributed by atoms with Crippen LogP contribution in [0.4, 0.5) is 10.8 Å².